The molecule has 1 aliphatic rings. The van der Waals surface area contributed by atoms with Crippen LogP contribution in [0.4, 0.5) is 0 Å². The Balaban J connectivity index is 1.93. The zero-order valence-electron chi connectivity index (χ0n) is 10.6. The van der Waals surface area contributed by atoms with E-state index in [9.17, 15) is 4.79 Å². The van der Waals surface area contributed by atoms with Gasteiger partial charge in [-0.1, -0.05) is 48.5 Å². The summed E-state index contributed by atoms with van der Waals surface area (Å²) in [6.07, 6.45) is 0.362. The van der Waals surface area contributed by atoms with E-state index in [2.05, 4.69) is 41.7 Å². The monoisotopic (exact) mass is 252 g/mol. The van der Waals surface area contributed by atoms with Gasteiger partial charge in [0, 0.05) is 13.0 Å². The molecule has 0 aliphatic heterocycles. The first-order valence-electron chi connectivity index (χ1n) is 6.47. The van der Waals surface area contributed by atoms with Gasteiger partial charge >= 0.3 is 0 Å². The van der Waals surface area contributed by atoms with Gasteiger partial charge in [-0.3, -0.25) is 4.79 Å². The lowest BCUT2D eigenvalue weighted by atomic mass is 10.1. The molecular weight excluding hydrogens is 236 g/mol. The number of primary amides is 1. The lowest BCUT2D eigenvalue weighted by Crippen LogP contribution is -2.25. The van der Waals surface area contributed by atoms with Gasteiger partial charge in [-0.05, 0) is 22.3 Å². The van der Waals surface area contributed by atoms with E-state index in [1.54, 1.807) is 0 Å². The van der Waals surface area contributed by atoms with Crippen molar-refractivity contribution in [2.45, 2.75) is 12.5 Å². The molecule has 3 rings (SSSR count). The van der Waals surface area contributed by atoms with Crippen molar-refractivity contribution in [1.29, 1.82) is 0 Å². The minimum Gasteiger partial charge on any atom is -0.370 e. The van der Waals surface area contributed by atoms with Gasteiger partial charge in [-0.15, -0.1) is 0 Å². The number of benzene rings is 2. The Morgan fingerprint density at radius 1 is 1.00 bits per heavy atom. The van der Waals surface area contributed by atoms with Gasteiger partial charge in [0.05, 0.1) is 6.04 Å². The summed E-state index contributed by atoms with van der Waals surface area (Å²) in [6.45, 7) is 0.600. The summed E-state index contributed by atoms with van der Waals surface area (Å²) in [6, 6.07) is 16.9. The number of hydrogen-bond donors (Lipinski definition) is 2. The summed E-state index contributed by atoms with van der Waals surface area (Å²) in [7, 11) is 0. The normalized spacial score (nSPS) is 13.1. The van der Waals surface area contributed by atoms with Crippen LogP contribution < -0.4 is 11.1 Å². The van der Waals surface area contributed by atoms with Gasteiger partial charge in [0.15, 0.2) is 0 Å². The average molecular weight is 252 g/mol. The van der Waals surface area contributed by atoms with E-state index >= 15 is 0 Å². The van der Waals surface area contributed by atoms with Crippen LogP contribution in [0.15, 0.2) is 48.5 Å². The molecule has 19 heavy (non-hydrogen) atoms. The summed E-state index contributed by atoms with van der Waals surface area (Å²) in [5.41, 5.74) is 10.3. The fourth-order valence-electron chi connectivity index (χ4n) is 2.72. The molecule has 0 fully saturated rings. The first-order valence-corrected chi connectivity index (χ1v) is 6.47. The van der Waals surface area contributed by atoms with Crippen LogP contribution in [0.2, 0.25) is 0 Å². The summed E-state index contributed by atoms with van der Waals surface area (Å²) < 4.78 is 0. The summed E-state index contributed by atoms with van der Waals surface area (Å²) in [5.74, 6) is -0.271. The van der Waals surface area contributed by atoms with Gasteiger partial charge in [-0.25, -0.2) is 0 Å². The Bertz CT molecular complexity index is 576. The van der Waals surface area contributed by atoms with Crippen LogP contribution in [-0.2, 0) is 4.79 Å². The molecule has 3 heteroatoms. The molecule has 0 radical (unpaired) electrons. The van der Waals surface area contributed by atoms with Gasteiger partial charge in [-0.2, -0.15) is 0 Å². The zero-order chi connectivity index (χ0) is 13.2. The highest BCUT2D eigenvalue weighted by molar-refractivity contribution is 5.78. The number of carbonyl (C=O) groups excluding carboxylic acids is 1. The quantitative estimate of drug-likeness (QED) is 0.876. The van der Waals surface area contributed by atoms with Crippen molar-refractivity contribution in [1.82, 2.24) is 5.32 Å². The molecule has 2 aromatic carbocycles. The molecular formula is C16H16N2O. The molecule has 0 unspecified atom stereocenters. The fourth-order valence-corrected chi connectivity index (χ4v) is 2.72. The Kier molecular flexibility index (Phi) is 3.05. The number of rotatable bonds is 4. The number of fused-ring (bicyclic) bond motifs is 3. The predicted molar refractivity (Wildman–Crippen MR) is 75.5 cm³/mol. The third kappa shape index (κ3) is 2.13. The average Bonchev–Trinajstić information content (AvgIpc) is 2.74. The van der Waals surface area contributed by atoms with E-state index in [1.807, 2.05) is 12.1 Å². The van der Waals surface area contributed by atoms with Crippen LogP contribution in [0, 0.1) is 0 Å². The van der Waals surface area contributed by atoms with Crippen molar-refractivity contribution >= 4 is 5.91 Å². The van der Waals surface area contributed by atoms with E-state index in [0.717, 1.165) is 0 Å². The number of amides is 1. The lowest BCUT2D eigenvalue weighted by molar-refractivity contribution is -0.117. The second-order valence-corrected chi connectivity index (χ2v) is 4.78. The van der Waals surface area contributed by atoms with Crippen molar-refractivity contribution in [2.24, 2.45) is 5.73 Å². The summed E-state index contributed by atoms with van der Waals surface area (Å²) >= 11 is 0. The van der Waals surface area contributed by atoms with Gasteiger partial charge < -0.3 is 11.1 Å². The zero-order valence-corrected chi connectivity index (χ0v) is 10.6. The first-order chi connectivity index (χ1) is 9.27. The van der Waals surface area contributed by atoms with Crippen molar-refractivity contribution in [3.63, 3.8) is 0 Å². The third-order valence-electron chi connectivity index (χ3n) is 3.55. The van der Waals surface area contributed by atoms with Crippen molar-refractivity contribution in [3.8, 4) is 11.1 Å². The van der Waals surface area contributed by atoms with Crippen LogP contribution in [0.5, 0.6) is 0 Å². The Labute approximate surface area is 112 Å². The predicted octanol–water partition coefficient (Wildman–Crippen LogP) is 2.22. The topological polar surface area (TPSA) is 55.1 Å². The van der Waals surface area contributed by atoms with Gasteiger partial charge in [0.25, 0.3) is 0 Å². The molecule has 3 nitrogen and oxygen atoms in total. The fraction of sp³-hybridized carbons (Fsp3) is 0.188. The number of hydrogen-bond acceptors (Lipinski definition) is 2. The molecule has 0 saturated heterocycles. The highest BCUT2D eigenvalue weighted by Crippen LogP contribution is 2.42. The molecule has 0 heterocycles. The van der Waals surface area contributed by atoms with Gasteiger partial charge in [0.1, 0.15) is 0 Å². The summed E-state index contributed by atoms with van der Waals surface area (Å²) in [4.78, 5) is 10.8. The van der Waals surface area contributed by atoms with Crippen molar-refractivity contribution < 1.29 is 4.79 Å². The SMILES string of the molecule is NC(=O)CCNC1c2ccccc2-c2ccccc21. The standard InChI is InChI=1S/C16H16N2O/c17-15(19)9-10-18-16-13-7-3-1-5-11(13)12-6-2-4-8-14(12)16/h1-8,16,18H,9-10H2,(H2,17,19). The van der Waals surface area contributed by atoms with E-state index in [0.29, 0.717) is 13.0 Å². The molecule has 0 atom stereocenters. The van der Waals surface area contributed by atoms with Crippen LogP contribution >= 0.6 is 0 Å². The van der Waals surface area contributed by atoms with E-state index < -0.39 is 0 Å². The van der Waals surface area contributed by atoms with E-state index in [1.165, 1.54) is 22.3 Å². The van der Waals surface area contributed by atoms with Crippen molar-refractivity contribution in [2.75, 3.05) is 6.54 Å². The van der Waals surface area contributed by atoms with E-state index in [-0.39, 0.29) is 11.9 Å². The van der Waals surface area contributed by atoms with Crippen LogP contribution in [0.1, 0.15) is 23.6 Å². The van der Waals surface area contributed by atoms with Crippen LogP contribution in [0.3, 0.4) is 0 Å². The second-order valence-electron chi connectivity index (χ2n) is 4.78. The molecule has 1 aliphatic carbocycles. The summed E-state index contributed by atoms with van der Waals surface area (Å²) in [5, 5.41) is 3.42. The highest BCUT2D eigenvalue weighted by atomic mass is 16.1. The van der Waals surface area contributed by atoms with Crippen LogP contribution in [0.25, 0.3) is 11.1 Å². The smallest absolute Gasteiger partial charge is 0.218 e. The highest BCUT2D eigenvalue weighted by Gasteiger charge is 2.27. The molecule has 0 aromatic heterocycles. The lowest BCUT2D eigenvalue weighted by Gasteiger charge is -2.15. The molecule has 96 valence electrons. The maximum absolute atomic E-state index is 10.8. The Morgan fingerprint density at radius 3 is 2.05 bits per heavy atom. The van der Waals surface area contributed by atoms with Crippen LogP contribution in [-0.4, -0.2) is 12.5 Å². The van der Waals surface area contributed by atoms with E-state index in [4.69, 9.17) is 5.73 Å². The number of nitrogens with one attached hydrogen (secondary N) is 1. The third-order valence-corrected chi connectivity index (χ3v) is 3.55. The molecule has 3 N–H and O–H groups in total. The molecule has 0 saturated carbocycles. The minimum atomic E-state index is -0.271. The number of carbonyl (C=O) groups is 1. The minimum absolute atomic E-state index is 0.159. The van der Waals surface area contributed by atoms with Crippen molar-refractivity contribution in [3.05, 3.63) is 59.7 Å². The molecule has 0 bridgehead atoms. The first kappa shape index (κ1) is 11.9. The Hall–Kier alpha value is -2.13. The molecule has 2 aromatic rings. The molecule has 0 spiro atoms. The maximum Gasteiger partial charge on any atom is 0.218 e. The molecule has 1 amide bonds. The largest absolute Gasteiger partial charge is 0.370 e. The number of nitrogens with two attached hydrogens (primary N) is 1. The Morgan fingerprint density at radius 2 is 1.53 bits per heavy atom. The second kappa shape index (κ2) is 4.86. The van der Waals surface area contributed by atoms with Gasteiger partial charge in [0.2, 0.25) is 5.91 Å². The maximum atomic E-state index is 10.8.